The second-order valence-corrected chi connectivity index (χ2v) is 7.22. The molecule has 1 N–H and O–H groups in total. The van der Waals surface area contributed by atoms with Crippen LogP contribution in [0.2, 0.25) is 0 Å². The predicted octanol–water partition coefficient (Wildman–Crippen LogP) is 4.94. The van der Waals surface area contributed by atoms with Crippen LogP contribution in [-0.4, -0.2) is 31.1 Å². The molecule has 4 aromatic carbocycles. The molecule has 1 fully saturated rings. The van der Waals surface area contributed by atoms with Crippen molar-refractivity contribution < 1.29 is 0 Å². The van der Waals surface area contributed by atoms with E-state index in [1.165, 1.54) is 37.9 Å². The average Bonchev–Trinajstić information content (AvgIpc) is 2.68. The van der Waals surface area contributed by atoms with Crippen molar-refractivity contribution in [3.05, 3.63) is 60.2 Å². The Morgan fingerprint density at radius 2 is 1.48 bits per heavy atom. The van der Waals surface area contributed by atoms with Crippen LogP contribution in [0.4, 0.5) is 0 Å². The van der Waals surface area contributed by atoms with Crippen LogP contribution in [0.3, 0.4) is 0 Å². The van der Waals surface area contributed by atoms with Crippen LogP contribution in [-0.2, 0) is 0 Å². The number of rotatable bonds is 3. The second-order valence-electron chi connectivity index (χ2n) is 7.22. The fourth-order valence-corrected chi connectivity index (χ4v) is 4.72. The van der Waals surface area contributed by atoms with Gasteiger partial charge in [0.2, 0.25) is 0 Å². The van der Waals surface area contributed by atoms with Crippen molar-refractivity contribution in [1.29, 1.82) is 0 Å². The standard InChI is InChI=1S/C23H24N2/c1-2-21(25-14-12-24-13-15-25)19-10-8-18-7-6-16-4-3-5-17-9-11-20(19)23(18)22(16)17/h3-11,21,24H,2,12-15H2,1H3/t21-/m0/s1. The molecule has 5 rings (SSSR count). The molecule has 4 aromatic rings. The summed E-state index contributed by atoms with van der Waals surface area (Å²) in [5, 5.41) is 11.8. The van der Waals surface area contributed by atoms with Gasteiger partial charge in [-0.1, -0.05) is 61.5 Å². The SMILES string of the molecule is CC[C@@H](c1ccc2ccc3cccc4ccc1c2c34)N1CCNCC1. The second kappa shape index (κ2) is 5.98. The molecule has 0 aromatic heterocycles. The maximum Gasteiger partial charge on any atom is 0.0352 e. The molecule has 2 nitrogen and oxygen atoms in total. The van der Waals surface area contributed by atoms with Crippen LogP contribution >= 0.6 is 0 Å². The number of benzene rings is 4. The lowest BCUT2D eigenvalue weighted by atomic mass is 9.89. The van der Waals surface area contributed by atoms with Crippen LogP contribution in [0.15, 0.2) is 54.6 Å². The molecular formula is C23H24N2. The van der Waals surface area contributed by atoms with E-state index < -0.39 is 0 Å². The van der Waals surface area contributed by atoms with E-state index in [-0.39, 0.29) is 0 Å². The van der Waals surface area contributed by atoms with E-state index in [1.54, 1.807) is 0 Å². The third-order valence-electron chi connectivity index (χ3n) is 5.90. The van der Waals surface area contributed by atoms with Gasteiger partial charge in [-0.2, -0.15) is 0 Å². The third-order valence-corrected chi connectivity index (χ3v) is 5.90. The van der Waals surface area contributed by atoms with E-state index in [0.717, 1.165) is 32.6 Å². The molecule has 1 aliphatic heterocycles. The Bertz CT molecular complexity index is 1010. The van der Waals surface area contributed by atoms with E-state index in [0.29, 0.717) is 6.04 Å². The molecule has 0 aliphatic carbocycles. The van der Waals surface area contributed by atoms with Gasteiger partial charge in [0.05, 0.1) is 0 Å². The van der Waals surface area contributed by atoms with Gasteiger partial charge in [0.1, 0.15) is 0 Å². The van der Waals surface area contributed by atoms with Crippen molar-refractivity contribution in [3.8, 4) is 0 Å². The largest absolute Gasteiger partial charge is 0.314 e. The van der Waals surface area contributed by atoms with Crippen molar-refractivity contribution in [3.63, 3.8) is 0 Å². The van der Waals surface area contributed by atoms with Gasteiger partial charge in [-0.15, -0.1) is 0 Å². The van der Waals surface area contributed by atoms with Gasteiger partial charge in [0.25, 0.3) is 0 Å². The highest BCUT2D eigenvalue weighted by Gasteiger charge is 2.23. The molecule has 1 saturated heterocycles. The Morgan fingerprint density at radius 3 is 2.20 bits per heavy atom. The van der Waals surface area contributed by atoms with E-state index in [4.69, 9.17) is 0 Å². The topological polar surface area (TPSA) is 15.3 Å². The number of hydrogen-bond acceptors (Lipinski definition) is 2. The summed E-state index contributed by atoms with van der Waals surface area (Å²) < 4.78 is 0. The summed E-state index contributed by atoms with van der Waals surface area (Å²) >= 11 is 0. The minimum absolute atomic E-state index is 0.506. The van der Waals surface area contributed by atoms with Gasteiger partial charge in [-0.3, -0.25) is 4.90 Å². The molecule has 0 radical (unpaired) electrons. The van der Waals surface area contributed by atoms with Gasteiger partial charge in [0.15, 0.2) is 0 Å². The normalized spacial score (nSPS) is 17.6. The smallest absolute Gasteiger partial charge is 0.0352 e. The van der Waals surface area contributed by atoms with Gasteiger partial charge >= 0.3 is 0 Å². The lowest BCUT2D eigenvalue weighted by Gasteiger charge is -2.35. The van der Waals surface area contributed by atoms with Gasteiger partial charge in [-0.05, 0) is 44.3 Å². The number of nitrogens with one attached hydrogen (secondary N) is 1. The molecule has 0 unspecified atom stereocenters. The van der Waals surface area contributed by atoms with Crippen LogP contribution in [0.1, 0.15) is 24.9 Å². The first kappa shape index (κ1) is 15.1. The monoisotopic (exact) mass is 328 g/mol. The summed E-state index contributed by atoms with van der Waals surface area (Å²) in [6, 6.07) is 21.0. The maximum atomic E-state index is 3.48. The molecule has 25 heavy (non-hydrogen) atoms. The first-order chi connectivity index (χ1) is 12.4. The summed E-state index contributed by atoms with van der Waals surface area (Å²) in [7, 11) is 0. The predicted molar refractivity (Wildman–Crippen MR) is 108 cm³/mol. The first-order valence-corrected chi connectivity index (χ1v) is 9.48. The minimum Gasteiger partial charge on any atom is -0.314 e. The van der Waals surface area contributed by atoms with Crippen LogP contribution in [0.25, 0.3) is 32.3 Å². The van der Waals surface area contributed by atoms with Crippen LogP contribution in [0.5, 0.6) is 0 Å². The van der Waals surface area contributed by atoms with E-state index in [2.05, 4.69) is 71.7 Å². The summed E-state index contributed by atoms with van der Waals surface area (Å²) in [6.45, 7) is 6.80. The molecule has 0 bridgehead atoms. The van der Waals surface area contributed by atoms with Crippen LogP contribution < -0.4 is 5.32 Å². The Kier molecular flexibility index (Phi) is 3.61. The average molecular weight is 328 g/mol. The zero-order valence-corrected chi connectivity index (χ0v) is 14.8. The molecular weight excluding hydrogens is 304 g/mol. The fraction of sp³-hybridized carbons (Fsp3) is 0.304. The molecule has 0 amide bonds. The van der Waals surface area contributed by atoms with Crippen molar-refractivity contribution in [2.75, 3.05) is 26.2 Å². The van der Waals surface area contributed by atoms with Gasteiger partial charge in [0, 0.05) is 32.2 Å². The molecule has 0 spiro atoms. The highest BCUT2D eigenvalue weighted by atomic mass is 15.2. The number of hydrogen-bond donors (Lipinski definition) is 1. The molecule has 2 heteroatoms. The quantitative estimate of drug-likeness (QED) is 0.536. The minimum atomic E-state index is 0.506. The zero-order valence-electron chi connectivity index (χ0n) is 14.8. The lowest BCUT2D eigenvalue weighted by Crippen LogP contribution is -2.45. The van der Waals surface area contributed by atoms with Crippen molar-refractivity contribution in [2.45, 2.75) is 19.4 Å². The van der Waals surface area contributed by atoms with E-state index >= 15 is 0 Å². The highest BCUT2D eigenvalue weighted by Crippen LogP contribution is 2.39. The lowest BCUT2D eigenvalue weighted by molar-refractivity contribution is 0.170. The van der Waals surface area contributed by atoms with Gasteiger partial charge in [-0.25, -0.2) is 0 Å². The molecule has 126 valence electrons. The molecule has 1 aliphatic rings. The van der Waals surface area contributed by atoms with Crippen molar-refractivity contribution in [2.24, 2.45) is 0 Å². The first-order valence-electron chi connectivity index (χ1n) is 9.48. The van der Waals surface area contributed by atoms with E-state index in [9.17, 15) is 0 Å². The van der Waals surface area contributed by atoms with Gasteiger partial charge < -0.3 is 5.32 Å². The Morgan fingerprint density at radius 1 is 0.840 bits per heavy atom. The summed E-state index contributed by atoms with van der Waals surface area (Å²) in [5.41, 5.74) is 1.50. The molecule has 1 atom stereocenters. The fourth-order valence-electron chi connectivity index (χ4n) is 4.72. The Balaban J connectivity index is 1.78. The Labute approximate surface area is 148 Å². The summed E-state index contributed by atoms with van der Waals surface area (Å²) in [6.07, 6.45) is 1.16. The van der Waals surface area contributed by atoms with E-state index in [1.807, 2.05) is 0 Å². The zero-order chi connectivity index (χ0) is 16.8. The molecule has 0 saturated carbocycles. The number of nitrogens with zero attached hydrogens (tertiary/aromatic N) is 1. The Hall–Kier alpha value is -2.16. The third kappa shape index (κ3) is 2.32. The van der Waals surface area contributed by atoms with Crippen LogP contribution in [0, 0.1) is 0 Å². The summed E-state index contributed by atoms with van der Waals surface area (Å²) in [5.74, 6) is 0. The molecule has 1 heterocycles. The van der Waals surface area contributed by atoms with Crippen molar-refractivity contribution in [1.82, 2.24) is 10.2 Å². The summed E-state index contributed by atoms with van der Waals surface area (Å²) in [4.78, 5) is 2.66. The maximum absolute atomic E-state index is 3.48. The highest BCUT2D eigenvalue weighted by molar-refractivity contribution is 6.23. The number of piperazine rings is 1. The van der Waals surface area contributed by atoms with Crippen molar-refractivity contribution >= 4 is 32.3 Å².